The monoisotopic (exact) mass is 296 g/mol. The number of phenolic OH excluding ortho intramolecular Hbond substituents is 1. The van der Waals surface area contributed by atoms with Gasteiger partial charge in [-0.1, -0.05) is 6.07 Å². The lowest BCUT2D eigenvalue weighted by molar-refractivity contribution is 0.185. The number of nitrogens with zero attached hydrogens (tertiary/aromatic N) is 1. The number of benzene rings is 1. The summed E-state index contributed by atoms with van der Waals surface area (Å²) >= 11 is 0. The molecule has 1 aromatic rings. The van der Waals surface area contributed by atoms with E-state index in [1.165, 1.54) is 12.1 Å². The van der Waals surface area contributed by atoms with Crippen LogP contribution in [0.2, 0.25) is 0 Å². The van der Waals surface area contributed by atoms with Gasteiger partial charge in [0, 0.05) is 32.2 Å². The second-order valence-electron chi connectivity index (χ2n) is 4.17. The van der Waals surface area contributed by atoms with Crippen LogP contribution in [0, 0.1) is 5.82 Å². The van der Waals surface area contributed by atoms with Crippen LogP contribution in [0.3, 0.4) is 0 Å². The standard InChI is InChI=1S/C12H17FN2O.2ClH/c1-9(15-6-4-14-5-7-15)10-2-3-12(16)11(13)8-10;;/h2-3,8-9,14,16H,4-7H2,1H3;2*1H/t9-;;/m0../s1. The lowest BCUT2D eigenvalue weighted by atomic mass is 10.1. The molecule has 3 nitrogen and oxygen atoms in total. The van der Waals surface area contributed by atoms with E-state index in [9.17, 15) is 4.39 Å². The van der Waals surface area contributed by atoms with Gasteiger partial charge >= 0.3 is 0 Å². The first-order chi connectivity index (χ1) is 7.68. The topological polar surface area (TPSA) is 35.5 Å². The number of phenols is 1. The minimum atomic E-state index is -0.542. The molecule has 2 rings (SSSR count). The molecule has 0 radical (unpaired) electrons. The summed E-state index contributed by atoms with van der Waals surface area (Å²) in [6.45, 7) is 5.97. The summed E-state index contributed by atoms with van der Waals surface area (Å²) < 4.78 is 13.2. The Morgan fingerprint density at radius 2 is 1.89 bits per heavy atom. The van der Waals surface area contributed by atoms with Gasteiger partial charge < -0.3 is 10.4 Å². The van der Waals surface area contributed by atoms with Crippen molar-refractivity contribution in [3.8, 4) is 5.75 Å². The zero-order chi connectivity index (χ0) is 11.5. The Balaban J connectivity index is 0.00000144. The predicted octanol–water partition coefficient (Wildman–Crippen LogP) is 2.34. The Kier molecular flexibility index (Phi) is 7.55. The van der Waals surface area contributed by atoms with Gasteiger partial charge in [-0.05, 0) is 24.6 Å². The van der Waals surface area contributed by atoms with Gasteiger partial charge in [0.25, 0.3) is 0 Å². The van der Waals surface area contributed by atoms with Crippen molar-refractivity contribution < 1.29 is 9.50 Å². The number of hydrogen-bond donors (Lipinski definition) is 2. The van der Waals surface area contributed by atoms with E-state index in [0.717, 1.165) is 31.7 Å². The van der Waals surface area contributed by atoms with Crippen molar-refractivity contribution >= 4 is 24.8 Å². The summed E-state index contributed by atoms with van der Waals surface area (Å²) in [7, 11) is 0. The van der Waals surface area contributed by atoms with E-state index in [4.69, 9.17) is 5.11 Å². The van der Waals surface area contributed by atoms with E-state index in [1.807, 2.05) is 0 Å². The van der Waals surface area contributed by atoms with Gasteiger partial charge in [0.1, 0.15) is 0 Å². The van der Waals surface area contributed by atoms with Crippen molar-refractivity contribution in [2.45, 2.75) is 13.0 Å². The maximum atomic E-state index is 13.2. The Bertz CT molecular complexity index is 373. The maximum Gasteiger partial charge on any atom is 0.165 e. The fourth-order valence-corrected chi connectivity index (χ4v) is 2.06. The molecule has 1 aromatic carbocycles. The molecule has 0 aliphatic carbocycles. The normalized spacial score (nSPS) is 17.4. The first-order valence-corrected chi connectivity index (χ1v) is 5.61. The van der Waals surface area contributed by atoms with Crippen LogP contribution >= 0.6 is 24.8 Å². The van der Waals surface area contributed by atoms with Gasteiger partial charge in [-0.25, -0.2) is 4.39 Å². The van der Waals surface area contributed by atoms with Gasteiger partial charge in [0.15, 0.2) is 11.6 Å². The number of aromatic hydroxyl groups is 1. The number of nitrogens with one attached hydrogen (secondary N) is 1. The smallest absolute Gasteiger partial charge is 0.165 e. The summed E-state index contributed by atoms with van der Waals surface area (Å²) in [6, 6.07) is 4.81. The highest BCUT2D eigenvalue weighted by Crippen LogP contribution is 2.24. The van der Waals surface area contributed by atoms with Crippen LogP contribution in [0.4, 0.5) is 4.39 Å². The Labute approximate surface area is 119 Å². The van der Waals surface area contributed by atoms with Crippen molar-refractivity contribution in [1.82, 2.24) is 10.2 Å². The van der Waals surface area contributed by atoms with Crippen molar-refractivity contribution in [3.05, 3.63) is 29.6 Å². The number of halogens is 3. The molecule has 0 amide bonds. The molecular formula is C12H19Cl2FN2O. The van der Waals surface area contributed by atoms with Crippen LogP contribution < -0.4 is 5.32 Å². The van der Waals surface area contributed by atoms with Gasteiger partial charge in [-0.2, -0.15) is 0 Å². The van der Waals surface area contributed by atoms with E-state index in [-0.39, 0.29) is 36.6 Å². The van der Waals surface area contributed by atoms with E-state index >= 15 is 0 Å². The highest BCUT2D eigenvalue weighted by atomic mass is 35.5. The number of rotatable bonds is 2. The third kappa shape index (κ3) is 3.99. The SMILES string of the molecule is C[C@@H](c1ccc(O)c(F)c1)N1CCNCC1.Cl.Cl. The molecule has 104 valence electrons. The molecule has 6 heteroatoms. The zero-order valence-electron chi connectivity index (χ0n) is 10.2. The predicted molar refractivity (Wildman–Crippen MR) is 75.4 cm³/mol. The van der Waals surface area contributed by atoms with Crippen LogP contribution in [-0.4, -0.2) is 36.2 Å². The molecule has 1 fully saturated rings. The van der Waals surface area contributed by atoms with E-state index < -0.39 is 5.82 Å². The first-order valence-electron chi connectivity index (χ1n) is 5.61. The average molecular weight is 297 g/mol. The lowest BCUT2D eigenvalue weighted by Gasteiger charge is -2.33. The number of piperazine rings is 1. The molecule has 0 saturated carbocycles. The van der Waals surface area contributed by atoms with Crippen molar-refractivity contribution in [3.63, 3.8) is 0 Å². The second kappa shape index (κ2) is 7.79. The van der Waals surface area contributed by atoms with Crippen LogP contribution in [0.25, 0.3) is 0 Å². The molecule has 0 bridgehead atoms. The summed E-state index contributed by atoms with van der Waals surface area (Å²) in [5.74, 6) is -0.823. The fourth-order valence-electron chi connectivity index (χ4n) is 2.06. The largest absolute Gasteiger partial charge is 0.505 e. The summed E-state index contributed by atoms with van der Waals surface area (Å²) in [6.07, 6.45) is 0. The van der Waals surface area contributed by atoms with E-state index in [1.54, 1.807) is 6.07 Å². The molecule has 1 atom stereocenters. The molecule has 18 heavy (non-hydrogen) atoms. The summed E-state index contributed by atoms with van der Waals surface area (Å²) in [4.78, 5) is 2.31. The summed E-state index contributed by atoms with van der Waals surface area (Å²) in [5.41, 5.74) is 0.914. The van der Waals surface area contributed by atoms with E-state index in [2.05, 4.69) is 17.1 Å². The van der Waals surface area contributed by atoms with Crippen LogP contribution in [-0.2, 0) is 0 Å². The molecule has 0 unspecified atom stereocenters. The van der Waals surface area contributed by atoms with Crippen molar-refractivity contribution in [2.75, 3.05) is 26.2 Å². The second-order valence-corrected chi connectivity index (χ2v) is 4.17. The Hall–Kier alpha value is -0.550. The fraction of sp³-hybridized carbons (Fsp3) is 0.500. The Morgan fingerprint density at radius 1 is 1.28 bits per heavy atom. The minimum absolute atomic E-state index is 0. The van der Waals surface area contributed by atoms with Crippen molar-refractivity contribution in [1.29, 1.82) is 0 Å². The van der Waals surface area contributed by atoms with Crippen molar-refractivity contribution in [2.24, 2.45) is 0 Å². The molecule has 0 aromatic heterocycles. The third-order valence-corrected chi connectivity index (χ3v) is 3.15. The first kappa shape index (κ1) is 17.4. The van der Waals surface area contributed by atoms with Gasteiger partial charge in [-0.15, -0.1) is 24.8 Å². The van der Waals surface area contributed by atoms with Crippen LogP contribution in [0.5, 0.6) is 5.75 Å². The third-order valence-electron chi connectivity index (χ3n) is 3.15. The lowest BCUT2D eigenvalue weighted by Crippen LogP contribution is -2.44. The highest BCUT2D eigenvalue weighted by Gasteiger charge is 2.18. The van der Waals surface area contributed by atoms with Gasteiger partial charge in [0.05, 0.1) is 0 Å². The molecular weight excluding hydrogens is 278 g/mol. The molecule has 1 saturated heterocycles. The van der Waals surface area contributed by atoms with Crippen LogP contribution in [0.15, 0.2) is 18.2 Å². The van der Waals surface area contributed by atoms with Gasteiger partial charge in [0.2, 0.25) is 0 Å². The quantitative estimate of drug-likeness (QED) is 0.879. The molecule has 1 aliphatic heterocycles. The average Bonchev–Trinajstić information content (AvgIpc) is 2.33. The Morgan fingerprint density at radius 3 is 2.44 bits per heavy atom. The minimum Gasteiger partial charge on any atom is -0.505 e. The zero-order valence-corrected chi connectivity index (χ0v) is 11.9. The molecule has 2 N–H and O–H groups in total. The molecule has 0 spiro atoms. The van der Waals surface area contributed by atoms with Crippen LogP contribution in [0.1, 0.15) is 18.5 Å². The summed E-state index contributed by atoms with van der Waals surface area (Å²) in [5, 5.41) is 12.4. The van der Waals surface area contributed by atoms with Gasteiger partial charge in [-0.3, -0.25) is 4.90 Å². The molecule has 1 aliphatic rings. The highest BCUT2D eigenvalue weighted by molar-refractivity contribution is 5.85. The van der Waals surface area contributed by atoms with E-state index in [0.29, 0.717) is 0 Å². The number of hydrogen-bond acceptors (Lipinski definition) is 3. The maximum absolute atomic E-state index is 13.2. The molecule has 1 heterocycles.